The van der Waals surface area contributed by atoms with E-state index in [-0.39, 0.29) is 0 Å². The predicted octanol–water partition coefficient (Wildman–Crippen LogP) is 1.67. The first-order chi connectivity index (χ1) is 6.81. The third kappa shape index (κ3) is 1.81. The van der Waals surface area contributed by atoms with Gasteiger partial charge in [-0.15, -0.1) is 0 Å². The molecule has 0 amide bonds. The van der Waals surface area contributed by atoms with Gasteiger partial charge in [0.15, 0.2) is 0 Å². The molecule has 2 nitrogen and oxygen atoms in total. The summed E-state index contributed by atoms with van der Waals surface area (Å²) >= 11 is 0. The van der Waals surface area contributed by atoms with E-state index >= 15 is 0 Å². The lowest BCUT2D eigenvalue weighted by Crippen LogP contribution is -2.18. The van der Waals surface area contributed by atoms with Crippen LogP contribution in [0.25, 0.3) is 0 Å². The summed E-state index contributed by atoms with van der Waals surface area (Å²) in [6.07, 6.45) is 1.08. The first-order valence-electron chi connectivity index (χ1n) is 5.17. The highest BCUT2D eigenvalue weighted by Gasteiger charge is 2.29. The minimum atomic E-state index is 0.313. The molecule has 1 heterocycles. The number of rotatable bonds is 2. The van der Waals surface area contributed by atoms with Gasteiger partial charge in [-0.25, -0.2) is 0 Å². The molecule has 1 aromatic carbocycles. The fraction of sp³-hybridized carbons (Fsp3) is 0.500. The van der Waals surface area contributed by atoms with Crippen LogP contribution in [0.2, 0.25) is 0 Å². The summed E-state index contributed by atoms with van der Waals surface area (Å²) in [5.74, 6) is 0.449. The van der Waals surface area contributed by atoms with E-state index in [9.17, 15) is 0 Å². The second-order valence-electron chi connectivity index (χ2n) is 4.15. The number of hydrogen-bond acceptors (Lipinski definition) is 2. The standard InChI is InChI=1S/C12H17NO/c1-13-8-10(9-14)7-12(13)11-5-3-2-4-6-11/h2-6,10,12,14H,7-9H2,1H3/t10-,12-/m0/s1. The average Bonchev–Trinajstić information content (AvgIpc) is 2.61. The van der Waals surface area contributed by atoms with Gasteiger partial charge in [0.1, 0.15) is 0 Å². The van der Waals surface area contributed by atoms with E-state index in [4.69, 9.17) is 5.11 Å². The zero-order chi connectivity index (χ0) is 9.97. The molecular formula is C12H17NO. The second-order valence-corrected chi connectivity index (χ2v) is 4.15. The van der Waals surface area contributed by atoms with Crippen molar-refractivity contribution < 1.29 is 5.11 Å². The summed E-state index contributed by atoms with van der Waals surface area (Å²) in [6, 6.07) is 11.0. The lowest BCUT2D eigenvalue weighted by molar-refractivity contribution is 0.227. The Morgan fingerprint density at radius 1 is 1.36 bits per heavy atom. The van der Waals surface area contributed by atoms with Crippen LogP contribution >= 0.6 is 0 Å². The van der Waals surface area contributed by atoms with Crippen molar-refractivity contribution in [3.8, 4) is 0 Å². The van der Waals surface area contributed by atoms with E-state index in [1.165, 1.54) is 5.56 Å². The van der Waals surface area contributed by atoms with Crippen LogP contribution in [-0.2, 0) is 0 Å². The Morgan fingerprint density at radius 2 is 2.07 bits per heavy atom. The first-order valence-corrected chi connectivity index (χ1v) is 5.17. The third-order valence-corrected chi connectivity index (χ3v) is 3.08. The maximum Gasteiger partial charge on any atom is 0.0472 e. The van der Waals surface area contributed by atoms with Gasteiger partial charge in [-0.05, 0) is 24.9 Å². The van der Waals surface area contributed by atoms with Crippen molar-refractivity contribution in [2.24, 2.45) is 5.92 Å². The van der Waals surface area contributed by atoms with Crippen LogP contribution in [0.5, 0.6) is 0 Å². The van der Waals surface area contributed by atoms with Gasteiger partial charge < -0.3 is 5.11 Å². The highest BCUT2D eigenvalue weighted by atomic mass is 16.3. The molecule has 1 aromatic rings. The van der Waals surface area contributed by atoms with Crippen LogP contribution in [0, 0.1) is 5.92 Å². The van der Waals surface area contributed by atoms with Gasteiger partial charge in [0.2, 0.25) is 0 Å². The monoisotopic (exact) mass is 191 g/mol. The van der Waals surface area contributed by atoms with Crippen molar-refractivity contribution in [1.29, 1.82) is 0 Å². The van der Waals surface area contributed by atoms with Gasteiger partial charge in [0.25, 0.3) is 0 Å². The molecule has 0 spiro atoms. The number of hydrogen-bond donors (Lipinski definition) is 1. The molecule has 76 valence electrons. The smallest absolute Gasteiger partial charge is 0.0472 e. The molecule has 1 aliphatic rings. The summed E-state index contributed by atoms with van der Waals surface area (Å²) < 4.78 is 0. The Kier molecular flexibility index (Phi) is 2.85. The van der Waals surface area contributed by atoms with Gasteiger partial charge in [-0.1, -0.05) is 30.3 Å². The van der Waals surface area contributed by atoms with Gasteiger partial charge >= 0.3 is 0 Å². The SMILES string of the molecule is CN1C[C@@H](CO)C[C@H]1c1ccccc1. The molecule has 2 heteroatoms. The van der Waals surface area contributed by atoms with Crippen LogP contribution in [0.15, 0.2) is 30.3 Å². The molecule has 1 aliphatic heterocycles. The van der Waals surface area contributed by atoms with Gasteiger partial charge in [-0.3, -0.25) is 4.90 Å². The number of likely N-dealkylation sites (tertiary alicyclic amines) is 1. The summed E-state index contributed by atoms with van der Waals surface area (Å²) in [6.45, 7) is 1.32. The molecule has 0 bridgehead atoms. The molecule has 0 saturated carbocycles. The molecule has 0 unspecified atom stereocenters. The predicted molar refractivity (Wildman–Crippen MR) is 57.0 cm³/mol. The van der Waals surface area contributed by atoms with Gasteiger partial charge in [0, 0.05) is 19.2 Å². The summed E-state index contributed by atoms with van der Waals surface area (Å²) in [5, 5.41) is 9.12. The van der Waals surface area contributed by atoms with Crippen LogP contribution < -0.4 is 0 Å². The van der Waals surface area contributed by atoms with Crippen molar-refractivity contribution in [3.63, 3.8) is 0 Å². The third-order valence-electron chi connectivity index (χ3n) is 3.08. The molecule has 0 aromatic heterocycles. The number of benzene rings is 1. The van der Waals surface area contributed by atoms with E-state index in [1.54, 1.807) is 0 Å². The highest BCUT2D eigenvalue weighted by Crippen LogP contribution is 2.33. The topological polar surface area (TPSA) is 23.5 Å². The molecule has 1 fully saturated rings. The van der Waals surface area contributed by atoms with Crippen LogP contribution in [0.4, 0.5) is 0 Å². The Balaban J connectivity index is 2.13. The normalized spacial score (nSPS) is 28.1. The Morgan fingerprint density at radius 3 is 2.64 bits per heavy atom. The zero-order valence-corrected chi connectivity index (χ0v) is 8.56. The van der Waals surface area contributed by atoms with E-state index in [2.05, 4.69) is 36.2 Å². The lowest BCUT2D eigenvalue weighted by atomic mass is 10.0. The molecule has 1 saturated heterocycles. The number of nitrogens with zero attached hydrogens (tertiary/aromatic N) is 1. The summed E-state index contributed by atoms with van der Waals surface area (Å²) in [5.41, 5.74) is 1.37. The molecule has 2 atom stereocenters. The fourth-order valence-electron chi connectivity index (χ4n) is 2.30. The lowest BCUT2D eigenvalue weighted by Gasteiger charge is -2.19. The van der Waals surface area contributed by atoms with Crippen molar-refractivity contribution in [2.75, 3.05) is 20.2 Å². The first kappa shape index (κ1) is 9.69. The molecule has 1 N–H and O–H groups in total. The van der Waals surface area contributed by atoms with E-state index in [1.807, 2.05) is 6.07 Å². The highest BCUT2D eigenvalue weighted by molar-refractivity contribution is 5.20. The Bertz CT molecular complexity index is 286. The zero-order valence-electron chi connectivity index (χ0n) is 8.56. The quantitative estimate of drug-likeness (QED) is 0.768. The fourth-order valence-corrected chi connectivity index (χ4v) is 2.30. The maximum atomic E-state index is 9.12. The van der Waals surface area contributed by atoms with Gasteiger partial charge in [-0.2, -0.15) is 0 Å². The Hall–Kier alpha value is -0.860. The number of aliphatic hydroxyl groups excluding tert-OH is 1. The largest absolute Gasteiger partial charge is 0.396 e. The molecule has 14 heavy (non-hydrogen) atoms. The molecule has 0 aliphatic carbocycles. The summed E-state index contributed by atoms with van der Waals surface area (Å²) in [4.78, 5) is 2.33. The average molecular weight is 191 g/mol. The van der Waals surface area contributed by atoms with Crippen LogP contribution in [0.1, 0.15) is 18.0 Å². The minimum absolute atomic E-state index is 0.313. The van der Waals surface area contributed by atoms with Crippen molar-refractivity contribution in [2.45, 2.75) is 12.5 Å². The van der Waals surface area contributed by atoms with Gasteiger partial charge in [0.05, 0.1) is 0 Å². The second kappa shape index (κ2) is 4.11. The van der Waals surface area contributed by atoms with E-state index in [0.29, 0.717) is 18.6 Å². The molecule has 0 radical (unpaired) electrons. The van der Waals surface area contributed by atoms with E-state index in [0.717, 1.165) is 13.0 Å². The number of aliphatic hydroxyl groups is 1. The van der Waals surface area contributed by atoms with E-state index < -0.39 is 0 Å². The minimum Gasteiger partial charge on any atom is -0.396 e. The van der Waals surface area contributed by atoms with Crippen LogP contribution in [-0.4, -0.2) is 30.2 Å². The molecule has 2 rings (SSSR count). The van der Waals surface area contributed by atoms with Crippen molar-refractivity contribution >= 4 is 0 Å². The van der Waals surface area contributed by atoms with Crippen molar-refractivity contribution in [1.82, 2.24) is 4.90 Å². The Labute approximate surface area is 85.2 Å². The molecular weight excluding hydrogens is 174 g/mol. The van der Waals surface area contributed by atoms with Crippen LogP contribution in [0.3, 0.4) is 0 Å². The maximum absolute atomic E-state index is 9.12. The van der Waals surface area contributed by atoms with Crippen molar-refractivity contribution in [3.05, 3.63) is 35.9 Å². The summed E-state index contributed by atoms with van der Waals surface area (Å²) in [7, 11) is 2.13.